The van der Waals surface area contributed by atoms with Gasteiger partial charge in [-0.15, -0.1) is 0 Å². The summed E-state index contributed by atoms with van der Waals surface area (Å²) < 4.78 is 42.5. The highest BCUT2D eigenvalue weighted by Crippen LogP contribution is 2.35. The number of aromatic nitrogens is 5. The monoisotopic (exact) mass is 487 g/mol. The Labute approximate surface area is 192 Å². The van der Waals surface area contributed by atoms with Crippen molar-refractivity contribution in [2.45, 2.75) is 6.18 Å². The minimum absolute atomic E-state index is 0.0108. The van der Waals surface area contributed by atoms with E-state index in [-0.39, 0.29) is 38.4 Å². The molecule has 3 aromatic heterocycles. The number of halogens is 4. The number of hydrogen-bond acceptors (Lipinski definition) is 4. The summed E-state index contributed by atoms with van der Waals surface area (Å²) in [4.78, 5) is 29.4. The zero-order chi connectivity index (χ0) is 24.4. The first-order chi connectivity index (χ1) is 16.1. The molecule has 3 heterocycles. The van der Waals surface area contributed by atoms with Crippen molar-refractivity contribution in [1.82, 2.24) is 24.5 Å². The molecule has 0 atom stereocenters. The van der Waals surface area contributed by atoms with E-state index in [1.807, 2.05) is 0 Å². The van der Waals surface area contributed by atoms with E-state index >= 15 is 0 Å². The molecule has 0 saturated heterocycles. The predicted molar refractivity (Wildman–Crippen MR) is 118 cm³/mol. The summed E-state index contributed by atoms with van der Waals surface area (Å²) in [7, 11) is 1.61. The lowest BCUT2D eigenvalue weighted by Crippen LogP contribution is -2.16. The third-order valence-corrected chi connectivity index (χ3v) is 5.74. The molecule has 0 aliphatic heterocycles. The molecule has 0 aliphatic carbocycles. The van der Waals surface area contributed by atoms with Gasteiger partial charge >= 0.3 is 12.1 Å². The zero-order valence-electron chi connectivity index (χ0n) is 17.2. The topological polar surface area (TPSA) is 106 Å². The van der Waals surface area contributed by atoms with Crippen LogP contribution < -0.4 is 5.56 Å². The molecule has 8 nitrogen and oxygen atoms in total. The van der Waals surface area contributed by atoms with E-state index in [9.17, 15) is 27.9 Å². The molecule has 2 aromatic carbocycles. The number of aromatic amines is 1. The third kappa shape index (κ3) is 3.32. The number of rotatable bonds is 3. The molecule has 34 heavy (non-hydrogen) atoms. The van der Waals surface area contributed by atoms with E-state index in [2.05, 4.69) is 15.2 Å². The van der Waals surface area contributed by atoms with Crippen molar-refractivity contribution in [1.29, 1.82) is 0 Å². The molecule has 0 amide bonds. The highest BCUT2D eigenvalue weighted by molar-refractivity contribution is 6.32. The number of hydrogen-bond donors (Lipinski definition) is 2. The number of benzene rings is 2. The Balaban J connectivity index is 1.88. The summed E-state index contributed by atoms with van der Waals surface area (Å²) >= 11 is 6.26. The minimum atomic E-state index is -4.59. The van der Waals surface area contributed by atoms with Crippen LogP contribution >= 0.6 is 11.6 Å². The summed E-state index contributed by atoms with van der Waals surface area (Å²) in [6.07, 6.45) is -3.12. The van der Waals surface area contributed by atoms with Gasteiger partial charge in [0.15, 0.2) is 5.65 Å². The van der Waals surface area contributed by atoms with Gasteiger partial charge in [0, 0.05) is 12.6 Å². The van der Waals surface area contributed by atoms with Crippen molar-refractivity contribution in [3.8, 4) is 16.9 Å². The maximum atomic E-state index is 13.5. The zero-order valence-corrected chi connectivity index (χ0v) is 17.9. The number of pyridine rings is 1. The lowest BCUT2D eigenvalue weighted by atomic mass is 10.0. The van der Waals surface area contributed by atoms with Crippen molar-refractivity contribution < 1.29 is 23.1 Å². The maximum absolute atomic E-state index is 13.5. The van der Waals surface area contributed by atoms with Crippen LogP contribution in [0.3, 0.4) is 0 Å². The van der Waals surface area contributed by atoms with E-state index in [1.165, 1.54) is 41.2 Å². The molecule has 0 bridgehead atoms. The Morgan fingerprint density at radius 3 is 2.65 bits per heavy atom. The molecule has 172 valence electrons. The number of carboxylic acids is 1. The first-order valence-corrected chi connectivity index (χ1v) is 10.1. The number of carbonyl (C=O) groups is 1. The van der Waals surface area contributed by atoms with Crippen LogP contribution in [0.2, 0.25) is 5.02 Å². The van der Waals surface area contributed by atoms with E-state index in [0.29, 0.717) is 11.0 Å². The number of aryl methyl sites for hydroxylation is 1. The number of nitrogens with zero attached hydrogens (tertiary/aromatic N) is 4. The van der Waals surface area contributed by atoms with Crippen LogP contribution in [0.1, 0.15) is 15.9 Å². The largest absolute Gasteiger partial charge is 0.478 e. The number of alkyl halides is 3. The lowest BCUT2D eigenvalue weighted by Gasteiger charge is -2.09. The van der Waals surface area contributed by atoms with Gasteiger partial charge < -0.3 is 5.11 Å². The van der Waals surface area contributed by atoms with Crippen LogP contribution in [0.15, 0.2) is 53.5 Å². The molecular weight excluding hydrogens is 475 g/mol. The SMILES string of the molecule is Cn1ncc2c3[nH]n(-c4cc(C(=O)O)ccc4Cl)c(=O)c3c(-c3cccc(C(F)(F)F)c3)nc21. The first-order valence-electron chi connectivity index (χ1n) is 9.73. The summed E-state index contributed by atoms with van der Waals surface area (Å²) in [6, 6.07) is 8.35. The van der Waals surface area contributed by atoms with Crippen LogP contribution in [-0.2, 0) is 13.2 Å². The van der Waals surface area contributed by atoms with Crippen LogP contribution in [-0.4, -0.2) is 35.6 Å². The first kappa shape index (κ1) is 21.7. The van der Waals surface area contributed by atoms with Gasteiger partial charge in [0.2, 0.25) is 0 Å². The maximum Gasteiger partial charge on any atom is 0.416 e. The quantitative estimate of drug-likeness (QED) is 0.386. The summed E-state index contributed by atoms with van der Waals surface area (Å²) in [6.45, 7) is 0. The normalized spacial score (nSPS) is 12.0. The molecule has 0 radical (unpaired) electrons. The number of nitrogens with one attached hydrogen (secondary N) is 1. The van der Waals surface area contributed by atoms with Gasteiger partial charge in [0.1, 0.15) is 0 Å². The predicted octanol–water partition coefficient (Wildman–Crippen LogP) is 4.64. The Morgan fingerprint density at radius 1 is 1.18 bits per heavy atom. The second-order valence-electron chi connectivity index (χ2n) is 7.52. The van der Waals surface area contributed by atoms with E-state index < -0.39 is 23.3 Å². The van der Waals surface area contributed by atoms with Crippen LogP contribution in [0.4, 0.5) is 13.2 Å². The van der Waals surface area contributed by atoms with Gasteiger partial charge in [0.05, 0.1) is 50.0 Å². The molecule has 0 spiro atoms. The molecule has 12 heteroatoms. The van der Waals surface area contributed by atoms with Crippen molar-refractivity contribution in [2.24, 2.45) is 7.05 Å². The Hall–Kier alpha value is -4.12. The number of carboxylic acid groups (broad SMARTS) is 1. The van der Waals surface area contributed by atoms with Gasteiger partial charge in [-0.05, 0) is 30.3 Å². The van der Waals surface area contributed by atoms with Crippen molar-refractivity contribution in [2.75, 3.05) is 0 Å². The summed E-state index contributed by atoms with van der Waals surface area (Å²) in [5, 5.41) is 16.9. The third-order valence-electron chi connectivity index (χ3n) is 5.42. The Morgan fingerprint density at radius 2 is 1.94 bits per heavy atom. The smallest absolute Gasteiger partial charge is 0.416 e. The van der Waals surface area contributed by atoms with E-state index in [4.69, 9.17) is 11.6 Å². The summed E-state index contributed by atoms with van der Waals surface area (Å²) in [5.74, 6) is -1.22. The average Bonchev–Trinajstić information content (AvgIpc) is 3.33. The van der Waals surface area contributed by atoms with Gasteiger partial charge in [0.25, 0.3) is 5.56 Å². The van der Waals surface area contributed by atoms with Crippen molar-refractivity contribution >= 4 is 39.5 Å². The van der Waals surface area contributed by atoms with Crippen LogP contribution in [0, 0.1) is 0 Å². The number of aromatic carboxylic acids is 1. The van der Waals surface area contributed by atoms with Crippen molar-refractivity contribution in [3.05, 3.63) is 75.2 Å². The highest BCUT2D eigenvalue weighted by atomic mass is 35.5. The van der Waals surface area contributed by atoms with Gasteiger partial charge in [-0.1, -0.05) is 23.7 Å². The molecule has 0 saturated carbocycles. The Bertz CT molecular complexity index is 1680. The molecule has 5 aromatic rings. The lowest BCUT2D eigenvalue weighted by molar-refractivity contribution is -0.137. The standard InChI is InChI=1S/C22H13ClF3N5O3/c1-30-19-13(9-27-30)18-16(17(28-19)10-3-2-4-12(7-10)22(24,25)26)20(32)31(29-18)15-8-11(21(33)34)5-6-14(15)23/h2-9,29H,1H3,(H,33,34). The van der Waals surface area contributed by atoms with E-state index in [1.54, 1.807) is 7.05 Å². The highest BCUT2D eigenvalue weighted by Gasteiger charge is 2.31. The second-order valence-corrected chi connectivity index (χ2v) is 7.93. The Kier molecular flexibility index (Phi) is 4.76. The van der Waals surface area contributed by atoms with Gasteiger partial charge in [-0.2, -0.15) is 18.3 Å². The van der Waals surface area contributed by atoms with Gasteiger partial charge in [-0.25, -0.2) is 14.5 Å². The fourth-order valence-electron chi connectivity index (χ4n) is 3.79. The molecular formula is C22H13ClF3N5O3. The molecule has 0 fully saturated rings. The van der Waals surface area contributed by atoms with E-state index in [0.717, 1.165) is 16.8 Å². The fraction of sp³-hybridized carbons (Fsp3) is 0.0909. The molecule has 2 N–H and O–H groups in total. The van der Waals surface area contributed by atoms with Crippen molar-refractivity contribution in [3.63, 3.8) is 0 Å². The molecule has 0 aliphatic rings. The average molecular weight is 488 g/mol. The summed E-state index contributed by atoms with van der Waals surface area (Å²) in [5.41, 5.74) is -0.893. The van der Waals surface area contributed by atoms with Gasteiger partial charge in [-0.3, -0.25) is 14.6 Å². The fourth-order valence-corrected chi connectivity index (χ4v) is 3.99. The molecule has 5 rings (SSSR count). The second kappa shape index (κ2) is 7.45. The number of fused-ring (bicyclic) bond motifs is 3. The number of H-pyrrole nitrogens is 1. The van der Waals surface area contributed by atoms with Crippen LogP contribution in [0.5, 0.6) is 0 Å². The van der Waals surface area contributed by atoms with Crippen LogP contribution in [0.25, 0.3) is 38.9 Å². The minimum Gasteiger partial charge on any atom is -0.478 e. The molecule has 0 unspecified atom stereocenters.